The van der Waals surface area contributed by atoms with Crippen molar-refractivity contribution in [2.45, 2.75) is 44.3 Å². The summed E-state index contributed by atoms with van der Waals surface area (Å²) in [5.41, 5.74) is 2.02. The largest absolute Gasteiger partial charge is 0.511 e. The number of carbonyl (C=O) groups is 1. The summed E-state index contributed by atoms with van der Waals surface area (Å²) in [4.78, 5) is 11.7. The van der Waals surface area contributed by atoms with Gasteiger partial charge in [-0.1, -0.05) is 6.07 Å². The average Bonchev–Trinajstić information content (AvgIpc) is 2.32. The summed E-state index contributed by atoms with van der Waals surface area (Å²) in [5.74, 6) is 1.38. The molecule has 0 fully saturated rings. The zero-order valence-corrected chi connectivity index (χ0v) is 12.1. The Morgan fingerprint density at radius 1 is 1.47 bits per heavy atom. The maximum absolute atomic E-state index is 10.6. The molecule has 1 unspecified atom stereocenters. The number of benzene rings is 1. The van der Waals surface area contributed by atoms with Crippen molar-refractivity contribution >= 4 is 17.9 Å². The summed E-state index contributed by atoms with van der Waals surface area (Å²) >= 11 is 1.73. The number of fused-ring (bicyclic) bond motifs is 1. The van der Waals surface area contributed by atoms with Crippen LogP contribution in [0.25, 0.3) is 0 Å². The number of hydrogen-bond donors (Lipinski definition) is 1. The van der Waals surface area contributed by atoms with E-state index in [1.165, 1.54) is 0 Å². The number of rotatable bonds is 3. The van der Waals surface area contributed by atoms with Crippen LogP contribution < -0.4 is 4.74 Å². The average molecular weight is 282 g/mol. The first-order valence-electron chi connectivity index (χ1n) is 6.31. The second-order valence-electron chi connectivity index (χ2n) is 4.79. The predicted molar refractivity (Wildman–Crippen MR) is 74.1 cm³/mol. The van der Waals surface area contributed by atoms with Gasteiger partial charge in [-0.15, -0.1) is 11.8 Å². The number of carboxylic acid groups (broad SMARTS) is 1. The van der Waals surface area contributed by atoms with E-state index in [1.54, 1.807) is 17.8 Å². The molecule has 5 heteroatoms. The van der Waals surface area contributed by atoms with E-state index in [4.69, 9.17) is 14.6 Å². The Hall–Kier alpha value is -1.20. The zero-order valence-electron chi connectivity index (χ0n) is 11.3. The van der Waals surface area contributed by atoms with Crippen LogP contribution in [0.5, 0.6) is 5.75 Å². The van der Waals surface area contributed by atoms with Crippen LogP contribution in [0.4, 0.5) is 4.79 Å². The van der Waals surface area contributed by atoms with Crippen molar-refractivity contribution in [2.75, 3.05) is 5.75 Å². The lowest BCUT2D eigenvalue weighted by molar-refractivity contribution is 0.00264. The molecular weight excluding hydrogens is 264 g/mol. The van der Waals surface area contributed by atoms with Crippen LogP contribution in [0, 0.1) is 6.92 Å². The van der Waals surface area contributed by atoms with Crippen molar-refractivity contribution in [1.29, 1.82) is 0 Å². The summed E-state index contributed by atoms with van der Waals surface area (Å²) in [5, 5.41) is 8.71. The van der Waals surface area contributed by atoms with Gasteiger partial charge in [0.15, 0.2) is 0 Å². The first kappa shape index (κ1) is 14.2. The molecule has 1 N–H and O–H groups in total. The Bertz CT molecular complexity index is 485. The highest BCUT2D eigenvalue weighted by molar-refractivity contribution is 7.99. The molecule has 1 aliphatic rings. The van der Waals surface area contributed by atoms with Crippen molar-refractivity contribution in [3.8, 4) is 5.75 Å². The maximum atomic E-state index is 10.6. The topological polar surface area (TPSA) is 55.8 Å². The van der Waals surface area contributed by atoms with Gasteiger partial charge in [-0.25, -0.2) is 4.79 Å². The number of hydrogen-bond acceptors (Lipinski definition) is 4. The van der Waals surface area contributed by atoms with Crippen molar-refractivity contribution in [2.24, 2.45) is 0 Å². The van der Waals surface area contributed by atoms with Crippen molar-refractivity contribution in [3.05, 3.63) is 23.3 Å². The Morgan fingerprint density at radius 2 is 2.21 bits per heavy atom. The second-order valence-corrected chi connectivity index (χ2v) is 5.89. The number of thioether (sulfide) groups is 1. The van der Waals surface area contributed by atoms with E-state index in [2.05, 4.69) is 0 Å². The minimum Gasteiger partial charge on any atom is -0.449 e. The van der Waals surface area contributed by atoms with Gasteiger partial charge in [0.25, 0.3) is 0 Å². The second kappa shape index (κ2) is 5.84. The molecule has 0 spiro atoms. The molecular formula is C14H18O4S. The van der Waals surface area contributed by atoms with Gasteiger partial charge in [-0.3, -0.25) is 0 Å². The van der Waals surface area contributed by atoms with Gasteiger partial charge < -0.3 is 14.6 Å². The van der Waals surface area contributed by atoms with Crippen LogP contribution >= 0.6 is 11.8 Å². The molecule has 4 nitrogen and oxygen atoms in total. The van der Waals surface area contributed by atoms with Crippen LogP contribution in [-0.2, 0) is 4.74 Å². The monoisotopic (exact) mass is 282 g/mol. The Morgan fingerprint density at radius 3 is 2.84 bits per heavy atom. The van der Waals surface area contributed by atoms with Gasteiger partial charge in [0.05, 0.1) is 12.2 Å². The SMILES string of the molecule is Cc1c(OC(=O)O)ccc2c1SCCC2OC(C)C. The third kappa shape index (κ3) is 3.22. The molecule has 0 aromatic heterocycles. The lowest BCUT2D eigenvalue weighted by Crippen LogP contribution is -2.16. The molecule has 0 radical (unpaired) electrons. The van der Waals surface area contributed by atoms with Crippen molar-refractivity contribution < 1.29 is 19.4 Å². The Balaban J connectivity index is 2.34. The fourth-order valence-corrected chi connectivity index (χ4v) is 3.46. The highest BCUT2D eigenvalue weighted by Crippen LogP contribution is 2.43. The molecule has 0 saturated heterocycles. The van der Waals surface area contributed by atoms with Gasteiger partial charge in [0.1, 0.15) is 5.75 Å². The molecule has 104 valence electrons. The molecule has 1 aromatic carbocycles. The Labute approximate surface area is 117 Å². The third-order valence-corrected chi connectivity index (χ3v) is 4.26. The molecule has 0 saturated carbocycles. The van der Waals surface area contributed by atoms with Gasteiger partial charge in [-0.05, 0) is 38.8 Å². The van der Waals surface area contributed by atoms with E-state index in [0.717, 1.165) is 28.2 Å². The fraction of sp³-hybridized carbons (Fsp3) is 0.500. The molecule has 19 heavy (non-hydrogen) atoms. The van der Waals surface area contributed by atoms with Crippen LogP contribution in [0.2, 0.25) is 0 Å². The van der Waals surface area contributed by atoms with E-state index < -0.39 is 6.16 Å². The van der Waals surface area contributed by atoms with Crippen LogP contribution in [0.1, 0.15) is 37.5 Å². The highest BCUT2D eigenvalue weighted by atomic mass is 32.2. The summed E-state index contributed by atoms with van der Waals surface area (Å²) in [7, 11) is 0. The van der Waals surface area contributed by atoms with Crippen molar-refractivity contribution in [1.82, 2.24) is 0 Å². The summed E-state index contributed by atoms with van der Waals surface area (Å²) in [6.07, 6.45) is -0.0297. The molecule has 1 atom stereocenters. The minimum atomic E-state index is -1.28. The van der Waals surface area contributed by atoms with Crippen LogP contribution in [0.3, 0.4) is 0 Å². The fourth-order valence-electron chi connectivity index (χ4n) is 2.24. The molecule has 2 rings (SSSR count). The smallest absolute Gasteiger partial charge is 0.449 e. The van der Waals surface area contributed by atoms with Gasteiger partial charge in [0, 0.05) is 16.2 Å². The standard InChI is InChI=1S/C14H18O4S/c1-8(2)17-12-6-7-19-13-9(3)11(18-14(15)16)5-4-10(12)13/h4-5,8,12H,6-7H2,1-3H3,(H,15,16). The predicted octanol–water partition coefficient (Wildman–Crippen LogP) is 4.01. The first-order chi connectivity index (χ1) is 8.99. The van der Waals surface area contributed by atoms with Crippen molar-refractivity contribution in [3.63, 3.8) is 0 Å². The highest BCUT2D eigenvalue weighted by Gasteiger charge is 2.25. The van der Waals surface area contributed by atoms with E-state index in [0.29, 0.717) is 5.75 Å². The molecule has 1 aromatic rings. The summed E-state index contributed by atoms with van der Waals surface area (Å²) < 4.78 is 10.7. The Kier molecular flexibility index (Phi) is 4.37. The maximum Gasteiger partial charge on any atom is 0.511 e. The third-order valence-electron chi connectivity index (χ3n) is 2.99. The van der Waals surface area contributed by atoms with Crippen LogP contribution in [0.15, 0.2) is 17.0 Å². The minimum absolute atomic E-state index is 0.0915. The first-order valence-corrected chi connectivity index (χ1v) is 7.30. The summed E-state index contributed by atoms with van der Waals surface area (Å²) in [6.45, 7) is 5.94. The summed E-state index contributed by atoms with van der Waals surface area (Å²) in [6, 6.07) is 3.63. The lowest BCUT2D eigenvalue weighted by Gasteiger charge is -2.28. The molecule has 0 bridgehead atoms. The quantitative estimate of drug-likeness (QED) is 0.670. The molecule has 1 aliphatic heterocycles. The normalized spacial score (nSPS) is 18.2. The van der Waals surface area contributed by atoms with E-state index >= 15 is 0 Å². The van der Waals surface area contributed by atoms with Gasteiger partial charge >= 0.3 is 6.16 Å². The molecule has 0 aliphatic carbocycles. The van der Waals surface area contributed by atoms with E-state index in [-0.39, 0.29) is 12.2 Å². The van der Waals surface area contributed by atoms with Crippen LogP contribution in [-0.4, -0.2) is 23.1 Å². The molecule has 1 heterocycles. The van der Waals surface area contributed by atoms with Gasteiger partial charge in [-0.2, -0.15) is 0 Å². The molecule has 0 amide bonds. The van der Waals surface area contributed by atoms with E-state index in [1.807, 2.05) is 26.8 Å². The van der Waals surface area contributed by atoms with E-state index in [9.17, 15) is 4.79 Å². The number of ether oxygens (including phenoxy) is 2. The lowest BCUT2D eigenvalue weighted by atomic mass is 10.0. The zero-order chi connectivity index (χ0) is 14.0. The van der Waals surface area contributed by atoms with Gasteiger partial charge in [0.2, 0.25) is 0 Å².